The van der Waals surface area contributed by atoms with Crippen LogP contribution in [-0.2, 0) is 4.79 Å². The number of aliphatic hydroxyl groups is 1. The first kappa shape index (κ1) is 12.2. The van der Waals surface area contributed by atoms with Crippen LogP contribution in [0.5, 0.6) is 5.75 Å². The summed E-state index contributed by atoms with van der Waals surface area (Å²) in [5, 5.41) is 12.2. The first-order valence-corrected chi connectivity index (χ1v) is 5.24. The van der Waals surface area contributed by atoms with Crippen molar-refractivity contribution in [1.82, 2.24) is 5.32 Å². The fraction of sp³-hybridized carbons (Fsp3) is 0.364. The van der Waals surface area contributed by atoms with E-state index in [0.717, 1.165) is 0 Å². The monoisotopic (exact) mass is 227 g/mol. The third-order valence-corrected chi connectivity index (χ3v) is 2.40. The Bertz CT molecular complexity index is 424. The fourth-order valence-corrected chi connectivity index (χ4v) is 1.87. The molecule has 1 aromatic rings. The molecule has 0 spiro atoms. The van der Waals surface area contributed by atoms with Gasteiger partial charge in [0, 0.05) is 6.42 Å². The number of rotatable bonds is 2. The molecule has 1 aromatic carbocycles. The van der Waals surface area contributed by atoms with E-state index >= 15 is 0 Å². The molecule has 2 unspecified atom stereocenters. The van der Waals surface area contributed by atoms with Gasteiger partial charge < -0.3 is 9.84 Å². The lowest BCUT2D eigenvalue weighted by molar-refractivity contribution is -0.133. The molecule has 1 fully saturated rings. The Morgan fingerprint density at radius 1 is 1.24 bits per heavy atom. The summed E-state index contributed by atoms with van der Waals surface area (Å²) in [6.07, 6.45) is -0.245. The molecule has 2 atom stereocenters. The van der Waals surface area contributed by atoms with Gasteiger partial charge in [-0.1, -0.05) is 18.2 Å². The van der Waals surface area contributed by atoms with E-state index in [-0.39, 0.29) is 18.6 Å². The van der Waals surface area contributed by atoms with Gasteiger partial charge in [0.25, 0.3) is 0 Å². The SMILES string of the molecule is [B]C1(O)CC(=O)CC([B])(Oc2ccccc2)N1. The molecule has 1 aliphatic rings. The van der Waals surface area contributed by atoms with Gasteiger partial charge in [0.2, 0.25) is 0 Å². The van der Waals surface area contributed by atoms with Crippen molar-refractivity contribution in [3.63, 3.8) is 0 Å². The van der Waals surface area contributed by atoms with Crippen LogP contribution in [0.15, 0.2) is 30.3 Å². The minimum absolute atomic E-state index is 0.0542. The maximum Gasteiger partial charge on any atom is 0.154 e. The highest BCUT2D eigenvalue weighted by atomic mass is 16.5. The van der Waals surface area contributed by atoms with Crippen LogP contribution in [0.3, 0.4) is 0 Å². The highest BCUT2D eigenvalue weighted by molar-refractivity contribution is 6.20. The zero-order valence-corrected chi connectivity index (χ0v) is 9.22. The van der Waals surface area contributed by atoms with Crippen LogP contribution in [0.25, 0.3) is 0 Å². The number of benzene rings is 1. The first-order valence-electron chi connectivity index (χ1n) is 5.24. The number of hydrogen-bond acceptors (Lipinski definition) is 4. The first-order chi connectivity index (χ1) is 7.89. The smallest absolute Gasteiger partial charge is 0.154 e. The summed E-state index contributed by atoms with van der Waals surface area (Å²) in [5.41, 5.74) is -3.32. The van der Waals surface area contributed by atoms with E-state index in [9.17, 15) is 9.90 Å². The van der Waals surface area contributed by atoms with E-state index in [1.165, 1.54) is 0 Å². The van der Waals surface area contributed by atoms with Crippen LogP contribution in [0.2, 0.25) is 0 Å². The summed E-state index contributed by atoms with van der Waals surface area (Å²) in [6, 6.07) is 8.78. The second-order valence-corrected chi connectivity index (χ2v) is 4.25. The van der Waals surface area contributed by atoms with Crippen molar-refractivity contribution in [3.8, 4) is 5.75 Å². The molecule has 1 saturated heterocycles. The number of Topliss-reactive ketones (excluding diaryl/α,β-unsaturated/α-hetero) is 1. The predicted molar refractivity (Wildman–Crippen MR) is 63.6 cm³/mol. The van der Waals surface area contributed by atoms with Gasteiger partial charge in [0.05, 0.1) is 12.0 Å². The molecule has 4 nitrogen and oxygen atoms in total. The minimum Gasteiger partial charge on any atom is -0.482 e. The van der Waals surface area contributed by atoms with Crippen molar-refractivity contribution in [2.24, 2.45) is 0 Å². The van der Waals surface area contributed by atoms with Gasteiger partial charge in [-0.05, 0) is 12.1 Å². The Morgan fingerprint density at radius 2 is 1.88 bits per heavy atom. The lowest BCUT2D eigenvalue weighted by atomic mass is 9.73. The summed E-state index contributed by atoms with van der Waals surface area (Å²) in [6.45, 7) is 0. The van der Waals surface area contributed by atoms with E-state index in [0.29, 0.717) is 5.75 Å². The summed E-state index contributed by atoms with van der Waals surface area (Å²) < 4.78 is 5.45. The molecule has 0 amide bonds. The van der Waals surface area contributed by atoms with Crippen molar-refractivity contribution in [1.29, 1.82) is 0 Å². The predicted octanol–water partition coefficient (Wildman–Crippen LogP) is -0.345. The molecule has 6 heteroatoms. The molecule has 2 N–H and O–H groups in total. The van der Waals surface area contributed by atoms with E-state index in [2.05, 4.69) is 5.32 Å². The number of carbonyl (C=O) groups is 1. The topological polar surface area (TPSA) is 58.6 Å². The van der Waals surface area contributed by atoms with Crippen molar-refractivity contribution in [2.75, 3.05) is 0 Å². The molecule has 0 aliphatic carbocycles. The molecular weight excluding hydrogens is 216 g/mol. The third kappa shape index (κ3) is 3.11. The number of ether oxygens (including phenoxy) is 1. The molecular formula is C11H11B2NO3. The van der Waals surface area contributed by atoms with Crippen LogP contribution in [0.1, 0.15) is 12.8 Å². The third-order valence-electron chi connectivity index (χ3n) is 2.40. The lowest BCUT2D eigenvalue weighted by Crippen LogP contribution is -2.67. The van der Waals surface area contributed by atoms with Crippen molar-refractivity contribution < 1.29 is 14.6 Å². The van der Waals surface area contributed by atoms with Gasteiger partial charge in [-0.15, -0.1) is 0 Å². The van der Waals surface area contributed by atoms with Crippen molar-refractivity contribution in [2.45, 2.75) is 24.1 Å². The maximum atomic E-state index is 11.4. The number of para-hydroxylation sites is 1. The average molecular weight is 227 g/mol. The normalized spacial score (nSPS) is 33.4. The summed E-state index contributed by atoms with van der Waals surface area (Å²) >= 11 is 0. The largest absolute Gasteiger partial charge is 0.482 e. The molecule has 0 aromatic heterocycles. The van der Waals surface area contributed by atoms with E-state index < -0.39 is 11.2 Å². The molecule has 0 bridgehead atoms. The van der Waals surface area contributed by atoms with Crippen LogP contribution in [0, 0.1) is 0 Å². The Kier molecular flexibility index (Phi) is 3.01. The van der Waals surface area contributed by atoms with Gasteiger partial charge in [0.1, 0.15) is 25.0 Å². The van der Waals surface area contributed by atoms with Crippen molar-refractivity contribution >= 4 is 21.5 Å². The Labute approximate surface area is 102 Å². The second kappa shape index (κ2) is 4.20. The number of nitrogens with one attached hydrogen (secondary N) is 1. The minimum atomic E-state index is -1.83. The van der Waals surface area contributed by atoms with Crippen LogP contribution >= 0.6 is 0 Å². The summed E-state index contributed by atoms with van der Waals surface area (Å²) in [4.78, 5) is 11.4. The number of carbonyl (C=O) groups excluding carboxylic acids is 1. The van der Waals surface area contributed by atoms with Gasteiger partial charge >= 0.3 is 0 Å². The Hall–Kier alpha value is -1.26. The number of piperidine rings is 1. The maximum absolute atomic E-state index is 11.4. The highest BCUT2D eigenvalue weighted by Gasteiger charge is 2.41. The zero-order valence-electron chi connectivity index (χ0n) is 9.22. The standard InChI is InChI=1S/C11H11B2NO3/c12-10(16)6-8(15)7-11(13,14-10)17-9-4-2-1-3-5-9/h1-5,14,16H,6-7H2. The molecule has 84 valence electrons. The zero-order chi connectivity index (χ0) is 12.5. The molecule has 1 aliphatic heterocycles. The van der Waals surface area contributed by atoms with Crippen LogP contribution < -0.4 is 10.1 Å². The van der Waals surface area contributed by atoms with Gasteiger partial charge in [-0.2, -0.15) is 0 Å². The number of ketones is 1. The molecule has 17 heavy (non-hydrogen) atoms. The van der Waals surface area contributed by atoms with Gasteiger partial charge in [-0.3, -0.25) is 10.1 Å². The molecule has 2 rings (SSSR count). The van der Waals surface area contributed by atoms with Crippen molar-refractivity contribution in [3.05, 3.63) is 30.3 Å². The van der Waals surface area contributed by atoms with Crippen LogP contribution in [-0.4, -0.2) is 37.8 Å². The summed E-state index contributed by atoms with van der Waals surface area (Å²) in [5.74, 6) is 0.236. The number of hydrogen-bond donors (Lipinski definition) is 2. The Balaban J connectivity index is 2.16. The molecule has 0 saturated carbocycles. The highest BCUT2D eigenvalue weighted by Crippen LogP contribution is 2.24. The second-order valence-electron chi connectivity index (χ2n) is 4.25. The Morgan fingerprint density at radius 3 is 2.47 bits per heavy atom. The average Bonchev–Trinajstić information content (AvgIpc) is 2.13. The molecule has 1 heterocycles. The van der Waals surface area contributed by atoms with E-state index in [4.69, 9.17) is 20.4 Å². The summed E-state index contributed by atoms with van der Waals surface area (Å²) in [7, 11) is 11.3. The van der Waals surface area contributed by atoms with Crippen LogP contribution in [0.4, 0.5) is 0 Å². The van der Waals surface area contributed by atoms with Gasteiger partial charge in [-0.25, -0.2) is 0 Å². The fourth-order valence-electron chi connectivity index (χ4n) is 1.87. The van der Waals surface area contributed by atoms with E-state index in [1.54, 1.807) is 24.3 Å². The lowest BCUT2D eigenvalue weighted by Gasteiger charge is -2.43. The van der Waals surface area contributed by atoms with Gasteiger partial charge in [0.15, 0.2) is 7.85 Å². The van der Waals surface area contributed by atoms with E-state index in [1.807, 2.05) is 6.07 Å². The molecule has 4 radical (unpaired) electrons. The quantitative estimate of drug-likeness (QED) is 0.678.